The molecule has 30 heavy (non-hydrogen) atoms. The molecule has 1 unspecified atom stereocenters. The maximum absolute atomic E-state index is 13.0. The van der Waals surface area contributed by atoms with Gasteiger partial charge in [0.2, 0.25) is 5.91 Å². The molecule has 2 heterocycles. The number of hydrogen-bond donors (Lipinski definition) is 1. The Morgan fingerprint density at radius 2 is 2.03 bits per heavy atom. The molecule has 1 aliphatic carbocycles. The van der Waals surface area contributed by atoms with Crippen molar-refractivity contribution in [1.29, 1.82) is 0 Å². The number of morpholine rings is 1. The van der Waals surface area contributed by atoms with Crippen LogP contribution < -0.4 is 5.32 Å². The average molecular weight is 426 g/mol. The van der Waals surface area contributed by atoms with E-state index in [-0.39, 0.29) is 13.3 Å². The number of nitrogens with one attached hydrogen (secondary N) is 1. The highest BCUT2D eigenvalue weighted by Crippen LogP contribution is 2.35. The summed E-state index contributed by atoms with van der Waals surface area (Å²) in [5.74, 6) is 7.05. The third-order valence-electron chi connectivity index (χ3n) is 5.97. The highest BCUT2D eigenvalue weighted by molar-refractivity contribution is 7.13. The molecule has 1 saturated heterocycles. The lowest BCUT2D eigenvalue weighted by Crippen LogP contribution is -2.36. The summed E-state index contributed by atoms with van der Waals surface area (Å²) in [6.07, 6.45) is 7.64. The first-order chi connectivity index (χ1) is 14.8. The van der Waals surface area contributed by atoms with Crippen LogP contribution in [0.3, 0.4) is 0 Å². The molecule has 0 bridgehead atoms. The number of carbonyl (C=O) groups excluding carboxylic acids is 1. The minimum atomic E-state index is -0.146. The van der Waals surface area contributed by atoms with Gasteiger partial charge in [0.1, 0.15) is 0 Å². The second kappa shape index (κ2) is 10.7. The largest absolute Gasteiger partial charge is 0.379 e. The molecule has 1 aliphatic heterocycles. The standard InChI is InChI=1S/C24H29N3O2S.H2/c28-23(26-24-25-11-17-30-24)22(18-20-4-1-2-5-20)21-9-7-19(8-10-21)6-3-12-27-13-15-29-16-14-27;/h7-11,17,20,22H,1-2,4-5,12-16,18H2,(H,25,26,28);1H. The average Bonchev–Trinajstić information content (AvgIpc) is 3.48. The van der Waals surface area contributed by atoms with Gasteiger partial charge in [0.15, 0.2) is 5.13 Å². The number of carbonyl (C=O) groups is 1. The van der Waals surface area contributed by atoms with E-state index in [0.717, 1.165) is 50.4 Å². The van der Waals surface area contributed by atoms with Gasteiger partial charge in [-0.25, -0.2) is 4.98 Å². The van der Waals surface area contributed by atoms with Crippen LogP contribution in [0.2, 0.25) is 0 Å². The van der Waals surface area contributed by atoms with Crippen molar-refractivity contribution in [3.05, 3.63) is 47.0 Å². The van der Waals surface area contributed by atoms with Crippen LogP contribution >= 0.6 is 11.3 Å². The van der Waals surface area contributed by atoms with E-state index in [9.17, 15) is 4.79 Å². The molecule has 6 heteroatoms. The molecule has 1 N–H and O–H groups in total. The fourth-order valence-corrected chi connectivity index (χ4v) is 4.79. The Kier molecular flexibility index (Phi) is 7.52. The first-order valence-corrected chi connectivity index (χ1v) is 11.8. The molecule has 2 aromatic rings. The van der Waals surface area contributed by atoms with Gasteiger partial charge in [0.25, 0.3) is 0 Å². The van der Waals surface area contributed by atoms with Crippen LogP contribution in [0, 0.1) is 17.8 Å². The van der Waals surface area contributed by atoms with Gasteiger partial charge in [-0.05, 0) is 30.0 Å². The highest BCUT2D eigenvalue weighted by atomic mass is 32.1. The quantitative estimate of drug-likeness (QED) is 0.698. The number of amides is 1. The molecule has 2 fully saturated rings. The summed E-state index contributed by atoms with van der Waals surface area (Å²) in [5, 5.41) is 5.55. The first-order valence-electron chi connectivity index (χ1n) is 10.9. The molecule has 2 aliphatic rings. The Labute approximate surface area is 184 Å². The Bertz CT molecular complexity index is 864. The second-order valence-electron chi connectivity index (χ2n) is 8.08. The van der Waals surface area contributed by atoms with Crippen molar-refractivity contribution in [1.82, 2.24) is 9.88 Å². The normalized spacial score (nSPS) is 18.5. The van der Waals surface area contributed by atoms with Crippen molar-refractivity contribution in [2.24, 2.45) is 5.92 Å². The predicted octanol–water partition coefficient (Wildman–Crippen LogP) is 4.38. The van der Waals surface area contributed by atoms with Crippen LogP contribution in [0.1, 0.15) is 50.6 Å². The van der Waals surface area contributed by atoms with E-state index in [0.29, 0.717) is 11.0 Å². The zero-order chi connectivity index (χ0) is 20.6. The number of nitrogens with zero attached hydrogens (tertiary/aromatic N) is 2. The van der Waals surface area contributed by atoms with E-state index in [1.165, 1.54) is 37.0 Å². The van der Waals surface area contributed by atoms with Crippen molar-refractivity contribution in [3.8, 4) is 11.8 Å². The highest BCUT2D eigenvalue weighted by Gasteiger charge is 2.27. The van der Waals surface area contributed by atoms with Crippen LogP contribution in [-0.4, -0.2) is 48.6 Å². The third kappa shape index (κ3) is 5.91. The zero-order valence-corrected chi connectivity index (χ0v) is 18.1. The summed E-state index contributed by atoms with van der Waals surface area (Å²) in [6, 6.07) is 8.22. The van der Waals surface area contributed by atoms with E-state index in [1.54, 1.807) is 6.20 Å². The van der Waals surface area contributed by atoms with Gasteiger partial charge in [-0.2, -0.15) is 0 Å². The Hall–Kier alpha value is -2.20. The number of ether oxygens (including phenoxy) is 1. The predicted molar refractivity (Wildman–Crippen MR) is 123 cm³/mol. The monoisotopic (exact) mass is 425 g/mol. The van der Waals surface area contributed by atoms with Gasteiger partial charge in [0, 0.05) is 31.7 Å². The van der Waals surface area contributed by atoms with Crippen LogP contribution in [0.15, 0.2) is 35.8 Å². The number of rotatable bonds is 6. The minimum absolute atomic E-state index is 0. The molecule has 1 aromatic carbocycles. The van der Waals surface area contributed by atoms with Crippen LogP contribution in [-0.2, 0) is 9.53 Å². The summed E-state index contributed by atoms with van der Waals surface area (Å²) >= 11 is 1.46. The third-order valence-corrected chi connectivity index (χ3v) is 6.66. The molecule has 5 nitrogen and oxygen atoms in total. The van der Waals surface area contributed by atoms with E-state index in [2.05, 4.69) is 39.2 Å². The molecule has 0 spiro atoms. The van der Waals surface area contributed by atoms with Crippen molar-refractivity contribution in [2.45, 2.75) is 38.0 Å². The lowest BCUT2D eigenvalue weighted by atomic mass is 9.87. The molecule has 4 rings (SSSR count). The molecular formula is C24H31N3O2S. The lowest BCUT2D eigenvalue weighted by Gasteiger charge is -2.24. The first kappa shape index (κ1) is 21.0. The zero-order valence-electron chi connectivity index (χ0n) is 17.3. The number of benzene rings is 1. The second-order valence-corrected chi connectivity index (χ2v) is 8.97. The van der Waals surface area contributed by atoms with E-state index >= 15 is 0 Å². The minimum Gasteiger partial charge on any atom is -0.379 e. The summed E-state index contributed by atoms with van der Waals surface area (Å²) in [4.78, 5) is 19.6. The Balaban J connectivity index is 0.00000272. The summed E-state index contributed by atoms with van der Waals surface area (Å²) in [5.41, 5.74) is 2.06. The van der Waals surface area contributed by atoms with Gasteiger partial charge in [-0.3, -0.25) is 9.69 Å². The molecular weight excluding hydrogens is 394 g/mol. The number of hydrogen-bond acceptors (Lipinski definition) is 5. The van der Waals surface area contributed by atoms with Crippen LogP contribution in [0.5, 0.6) is 0 Å². The molecule has 1 atom stereocenters. The fraction of sp³-hybridized carbons (Fsp3) is 0.500. The van der Waals surface area contributed by atoms with Crippen molar-refractivity contribution in [3.63, 3.8) is 0 Å². The van der Waals surface area contributed by atoms with Crippen molar-refractivity contribution < 1.29 is 11.0 Å². The number of thiazole rings is 1. The molecule has 1 amide bonds. The molecule has 160 valence electrons. The number of aromatic nitrogens is 1. The van der Waals surface area contributed by atoms with Gasteiger partial charge >= 0.3 is 0 Å². The Morgan fingerprint density at radius 1 is 1.27 bits per heavy atom. The van der Waals surface area contributed by atoms with Crippen LogP contribution in [0.4, 0.5) is 5.13 Å². The van der Waals surface area contributed by atoms with E-state index in [4.69, 9.17) is 4.74 Å². The lowest BCUT2D eigenvalue weighted by molar-refractivity contribution is -0.118. The molecule has 0 radical (unpaired) electrons. The van der Waals surface area contributed by atoms with Gasteiger partial charge < -0.3 is 10.1 Å². The van der Waals surface area contributed by atoms with E-state index in [1.807, 2.05) is 17.5 Å². The molecule has 1 saturated carbocycles. The van der Waals surface area contributed by atoms with Gasteiger partial charge in [-0.1, -0.05) is 49.7 Å². The number of anilines is 1. The van der Waals surface area contributed by atoms with Crippen molar-refractivity contribution >= 4 is 22.4 Å². The topological polar surface area (TPSA) is 54.5 Å². The SMILES string of the molecule is O=C(Nc1nccs1)C(CC1CCCC1)c1ccc(C#CCN2CCOCC2)cc1.[HH]. The molecule has 1 aromatic heterocycles. The van der Waals surface area contributed by atoms with Crippen molar-refractivity contribution in [2.75, 3.05) is 38.2 Å². The Morgan fingerprint density at radius 3 is 2.73 bits per heavy atom. The summed E-state index contributed by atoms with van der Waals surface area (Å²) in [7, 11) is 0. The van der Waals surface area contributed by atoms with E-state index < -0.39 is 0 Å². The summed E-state index contributed by atoms with van der Waals surface area (Å²) < 4.78 is 5.37. The van der Waals surface area contributed by atoms with Gasteiger partial charge in [0.05, 0.1) is 25.7 Å². The maximum Gasteiger partial charge on any atom is 0.233 e. The summed E-state index contributed by atoms with van der Waals surface area (Å²) in [6.45, 7) is 4.25. The maximum atomic E-state index is 13.0. The van der Waals surface area contributed by atoms with Crippen LogP contribution in [0.25, 0.3) is 0 Å². The van der Waals surface area contributed by atoms with Gasteiger partial charge in [-0.15, -0.1) is 11.3 Å². The fourth-order valence-electron chi connectivity index (χ4n) is 4.26. The smallest absolute Gasteiger partial charge is 0.233 e.